The Morgan fingerprint density at radius 3 is 2.58 bits per heavy atom. The molecule has 0 spiro atoms. The minimum absolute atomic E-state index is 0.534. The normalized spacial score (nSPS) is 15.7. The molecule has 1 aromatic heterocycles. The lowest BCUT2D eigenvalue weighted by Gasteiger charge is -2.26. The highest BCUT2D eigenvalue weighted by Gasteiger charge is 2.21. The van der Waals surface area contributed by atoms with Crippen LogP contribution in [0.5, 0.6) is 5.75 Å². The summed E-state index contributed by atoms with van der Waals surface area (Å²) in [5.74, 6) is 2.05. The fourth-order valence-electron chi connectivity index (χ4n) is 3.62. The van der Waals surface area contributed by atoms with E-state index >= 15 is 0 Å². The van der Waals surface area contributed by atoms with Gasteiger partial charge in [0.25, 0.3) is 0 Å². The van der Waals surface area contributed by atoms with E-state index in [0.717, 1.165) is 49.4 Å². The molecule has 1 saturated heterocycles. The maximum Gasteiger partial charge on any atom is 0.118 e. The van der Waals surface area contributed by atoms with Gasteiger partial charge in [-0.1, -0.05) is 24.3 Å². The van der Waals surface area contributed by atoms with Crippen molar-refractivity contribution >= 4 is 11.0 Å². The first-order chi connectivity index (χ1) is 11.8. The molecule has 2 aromatic carbocycles. The number of para-hydroxylation sites is 2. The molecule has 4 rings (SSSR count). The van der Waals surface area contributed by atoms with Crippen molar-refractivity contribution in [1.82, 2.24) is 14.9 Å². The van der Waals surface area contributed by atoms with Crippen LogP contribution in [0.3, 0.4) is 0 Å². The third kappa shape index (κ3) is 2.89. The molecule has 1 fully saturated rings. The first-order valence-corrected chi connectivity index (χ1v) is 8.64. The Morgan fingerprint density at radius 1 is 1.08 bits per heavy atom. The predicted molar refractivity (Wildman–Crippen MR) is 96.7 cm³/mol. The number of benzene rings is 2. The Hall–Kier alpha value is -2.33. The van der Waals surface area contributed by atoms with Gasteiger partial charge >= 0.3 is 0 Å². The molecule has 1 aliphatic rings. The van der Waals surface area contributed by atoms with Crippen LogP contribution in [0.15, 0.2) is 48.5 Å². The molecule has 0 atom stereocenters. The van der Waals surface area contributed by atoms with E-state index in [1.165, 1.54) is 11.1 Å². The Kier molecular flexibility index (Phi) is 4.22. The number of ether oxygens (including phenoxy) is 1. The summed E-state index contributed by atoms with van der Waals surface area (Å²) >= 11 is 0. The Bertz CT molecular complexity index is 817. The van der Waals surface area contributed by atoms with Crippen molar-refractivity contribution in [3.8, 4) is 5.75 Å². The van der Waals surface area contributed by atoms with Gasteiger partial charge in [-0.25, -0.2) is 4.98 Å². The molecule has 0 amide bonds. The average Bonchev–Trinajstić information content (AvgIpc) is 3.01. The van der Waals surface area contributed by atoms with Gasteiger partial charge in [0.15, 0.2) is 0 Å². The summed E-state index contributed by atoms with van der Waals surface area (Å²) in [5, 5.41) is 3.46. The molecular weight excluding hydrogens is 298 g/mol. The number of imidazole rings is 1. The fraction of sp³-hybridized carbons (Fsp3) is 0.350. The van der Waals surface area contributed by atoms with Crippen LogP contribution < -0.4 is 10.1 Å². The van der Waals surface area contributed by atoms with E-state index in [4.69, 9.17) is 9.72 Å². The summed E-state index contributed by atoms with van der Waals surface area (Å²) in [4.78, 5) is 4.94. The van der Waals surface area contributed by atoms with Gasteiger partial charge < -0.3 is 14.6 Å². The molecule has 1 aliphatic heterocycles. The van der Waals surface area contributed by atoms with E-state index in [-0.39, 0.29) is 0 Å². The van der Waals surface area contributed by atoms with Crippen molar-refractivity contribution in [3.63, 3.8) is 0 Å². The number of rotatable bonds is 4. The number of fused-ring (bicyclic) bond motifs is 1. The maximum absolute atomic E-state index is 5.26. The molecule has 0 bridgehead atoms. The molecule has 3 aromatic rings. The van der Waals surface area contributed by atoms with Crippen molar-refractivity contribution in [3.05, 3.63) is 59.9 Å². The second kappa shape index (κ2) is 6.65. The highest BCUT2D eigenvalue weighted by atomic mass is 16.5. The average molecular weight is 321 g/mol. The van der Waals surface area contributed by atoms with E-state index in [1.54, 1.807) is 7.11 Å². The summed E-state index contributed by atoms with van der Waals surface area (Å²) in [5.41, 5.74) is 3.62. The molecule has 2 heterocycles. The van der Waals surface area contributed by atoms with Crippen molar-refractivity contribution in [2.75, 3.05) is 20.2 Å². The third-order valence-corrected chi connectivity index (χ3v) is 4.86. The monoisotopic (exact) mass is 321 g/mol. The Balaban J connectivity index is 1.72. The lowest BCUT2D eigenvalue weighted by atomic mass is 10.1. The molecule has 4 nitrogen and oxygen atoms in total. The van der Waals surface area contributed by atoms with Gasteiger partial charge in [-0.2, -0.15) is 0 Å². The van der Waals surface area contributed by atoms with Gasteiger partial charge in [-0.3, -0.25) is 0 Å². The van der Waals surface area contributed by atoms with Crippen molar-refractivity contribution in [1.29, 1.82) is 0 Å². The minimum atomic E-state index is 0.534. The first-order valence-electron chi connectivity index (χ1n) is 8.64. The van der Waals surface area contributed by atoms with Crippen LogP contribution in [0.25, 0.3) is 11.0 Å². The second-order valence-corrected chi connectivity index (χ2v) is 6.39. The number of piperidine rings is 1. The van der Waals surface area contributed by atoms with Gasteiger partial charge in [0.05, 0.1) is 18.1 Å². The van der Waals surface area contributed by atoms with E-state index in [1.807, 2.05) is 12.1 Å². The van der Waals surface area contributed by atoms with Crippen LogP contribution in [0.4, 0.5) is 0 Å². The topological polar surface area (TPSA) is 39.1 Å². The zero-order valence-electron chi connectivity index (χ0n) is 14.0. The van der Waals surface area contributed by atoms with Gasteiger partial charge in [0.2, 0.25) is 0 Å². The molecule has 4 heteroatoms. The van der Waals surface area contributed by atoms with Crippen molar-refractivity contribution < 1.29 is 4.74 Å². The predicted octanol–water partition coefficient (Wildman–Crippen LogP) is 3.56. The molecular formula is C20H23N3O. The maximum atomic E-state index is 5.26. The van der Waals surface area contributed by atoms with Crippen LogP contribution in [0.1, 0.15) is 30.3 Å². The van der Waals surface area contributed by atoms with Crippen molar-refractivity contribution in [2.24, 2.45) is 0 Å². The summed E-state index contributed by atoms with van der Waals surface area (Å²) in [7, 11) is 1.70. The summed E-state index contributed by atoms with van der Waals surface area (Å²) in [6.45, 7) is 2.16. The molecule has 1 N–H and O–H groups in total. The highest BCUT2D eigenvalue weighted by molar-refractivity contribution is 5.76. The summed E-state index contributed by atoms with van der Waals surface area (Å²) in [6.07, 6.45) is 3.18. The van der Waals surface area contributed by atoms with E-state index in [2.05, 4.69) is 46.3 Å². The summed E-state index contributed by atoms with van der Waals surface area (Å²) < 4.78 is 7.73. The number of aromatic nitrogens is 2. The largest absolute Gasteiger partial charge is 0.497 e. The Morgan fingerprint density at radius 2 is 1.83 bits per heavy atom. The van der Waals surface area contributed by atoms with E-state index in [0.29, 0.717) is 6.04 Å². The van der Waals surface area contributed by atoms with E-state index < -0.39 is 0 Å². The molecule has 0 unspecified atom stereocenters. The van der Waals surface area contributed by atoms with Gasteiger partial charge in [0.1, 0.15) is 11.6 Å². The van der Waals surface area contributed by atoms with Gasteiger partial charge in [-0.15, -0.1) is 0 Å². The van der Waals surface area contributed by atoms with Crippen LogP contribution >= 0.6 is 0 Å². The SMILES string of the molecule is COc1ccc(Cc2nc3ccccc3n2C2CCNCC2)cc1. The Labute approximate surface area is 142 Å². The van der Waals surface area contributed by atoms with Crippen LogP contribution in [0.2, 0.25) is 0 Å². The standard InChI is InChI=1S/C20H23N3O/c1-24-17-8-6-15(7-9-17)14-20-22-18-4-2-3-5-19(18)23(20)16-10-12-21-13-11-16/h2-9,16,21H,10-14H2,1H3. The minimum Gasteiger partial charge on any atom is -0.497 e. The smallest absolute Gasteiger partial charge is 0.118 e. The first kappa shape index (κ1) is 15.2. The molecule has 0 aliphatic carbocycles. The third-order valence-electron chi connectivity index (χ3n) is 4.86. The van der Waals surface area contributed by atoms with Crippen LogP contribution in [0, 0.1) is 0 Å². The molecule has 0 saturated carbocycles. The quantitative estimate of drug-likeness (QED) is 0.798. The number of hydrogen-bond acceptors (Lipinski definition) is 3. The highest BCUT2D eigenvalue weighted by Crippen LogP contribution is 2.28. The zero-order valence-corrected chi connectivity index (χ0v) is 14.0. The fourth-order valence-corrected chi connectivity index (χ4v) is 3.62. The number of methoxy groups -OCH3 is 1. The number of hydrogen-bond donors (Lipinski definition) is 1. The molecule has 24 heavy (non-hydrogen) atoms. The van der Waals surface area contributed by atoms with Gasteiger partial charge in [0, 0.05) is 12.5 Å². The molecule has 124 valence electrons. The van der Waals surface area contributed by atoms with E-state index in [9.17, 15) is 0 Å². The lowest BCUT2D eigenvalue weighted by molar-refractivity contribution is 0.368. The number of nitrogens with one attached hydrogen (secondary N) is 1. The van der Waals surface area contributed by atoms with Crippen LogP contribution in [-0.4, -0.2) is 29.8 Å². The zero-order chi connectivity index (χ0) is 16.4. The van der Waals surface area contributed by atoms with Crippen LogP contribution in [-0.2, 0) is 6.42 Å². The molecule has 0 radical (unpaired) electrons. The summed E-state index contributed by atoms with van der Waals surface area (Å²) in [6, 6.07) is 17.3. The lowest BCUT2D eigenvalue weighted by Crippen LogP contribution is -2.30. The number of nitrogens with zero attached hydrogens (tertiary/aromatic N) is 2. The van der Waals surface area contributed by atoms with Crippen molar-refractivity contribution in [2.45, 2.75) is 25.3 Å². The van der Waals surface area contributed by atoms with Gasteiger partial charge in [-0.05, 0) is 55.8 Å². The second-order valence-electron chi connectivity index (χ2n) is 6.39.